The van der Waals surface area contributed by atoms with Gasteiger partial charge in [0.2, 0.25) is 5.91 Å². The van der Waals surface area contributed by atoms with Crippen molar-refractivity contribution in [3.63, 3.8) is 0 Å². The van der Waals surface area contributed by atoms with E-state index < -0.39 is 12.0 Å². The van der Waals surface area contributed by atoms with E-state index in [1.807, 2.05) is 4.90 Å². The first-order valence-electron chi connectivity index (χ1n) is 7.79. The highest BCUT2D eigenvalue weighted by Crippen LogP contribution is 2.34. The molecule has 2 saturated heterocycles. The molecule has 3 N–H and O–H groups in total. The summed E-state index contributed by atoms with van der Waals surface area (Å²) in [5.41, 5.74) is 7.61. The summed E-state index contributed by atoms with van der Waals surface area (Å²) >= 11 is 0. The Morgan fingerprint density at radius 3 is 2.59 bits per heavy atom. The molecule has 0 bridgehead atoms. The molecule has 1 atom stereocenters. The van der Waals surface area contributed by atoms with E-state index in [0.717, 1.165) is 39.0 Å². The number of rotatable bonds is 3. The zero-order valence-electron chi connectivity index (χ0n) is 12.8. The molecule has 3 heterocycles. The minimum absolute atomic E-state index is 0.0149. The Labute approximate surface area is 128 Å². The van der Waals surface area contributed by atoms with Crippen molar-refractivity contribution in [2.75, 3.05) is 32.7 Å². The van der Waals surface area contributed by atoms with Crippen molar-refractivity contribution in [2.45, 2.75) is 37.8 Å². The predicted molar refractivity (Wildman–Crippen MR) is 78.7 cm³/mol. The molecule has 3 aliphatic heterocycles. The second-order valence-corrected chi connectivity index (χ2v) is 6.56. The van der Waals surface area contributed by atoms with E-state index in [9.17, 15) is 13.6 Å². The average molecular weight is 315 g/mol. The number of halogens is 2. The molecular weight excluding hydrogens is 292 g/mol. The number of carbonyl (C=O) groups is 1. The normalized spacial score (nSPS) is 31.1. The highest BCUT2D eigenvalue weighted by atomic mass is 19.3. The van der Waals surface area contributed by atoms with Gasteiger partial charge in [-0.3, -0.25) is 9.69 Å². The fourth-order valence-corrected chi connectivity index (χ4v) is 3.74. The number of piperidine rings is 1. The van der Waals surface area contributed by atoms with Crippen molar-refractivity contribution in [2.24, 2.45) is 16.8 Å². The summed E-state index contributed by atoms with van der Waals surface area (Å²) < 4.78 is 26.0. The minimum Gasteiger partial charge on any atom is -0.343 e. The molecule has 3 aliphatic rings. The third-order valence-electron chi connectivity index (χ3n) is 5.32. The molecule has 2 fully saturated rings. The Morgan fingerprint density at radius 1 is 1.41 bits per heavy atom. The SMILES string of the molecule is CC(=O)N1CCC(N2CC(C3(N)CNN=C3C(F)F)C2)CC1. The predicted octanol–water partition coefficient (Wildman–Crippen LogP) is -0.149. The molecule has 1 unspecified atom stereocenters. The smallest absolute Gasteiger partial charge is 0.280 e. The third kappa shape index (κ3) is 2.58. The molecule has 3 rings (SSSR count). The number of likely N-dealkylation sites (tertiary alicyclic amines) is 2. The Balaban J connectivity index is 1.53. The highest BCUT2D eigenvalue weighted by Gasteiger charge is 2.52. The van der Waals surface area contributed by atoms with Gasteiger partial charge in [0.25, 0.3) is 6.43 Å². The first kappa shape index (κ1) is 15.6. The van der Waals surface area contributed by atoms with Crippen molar-refractivity contribution in [1.29, 1.82) is 0 Å². The fourth-order valence-electron chi connectivity index (χ4n) is 3.74. The largest absolute Gasteiger partial charge is 0.343 e. The van der Waals surface area contributed by atoms with Gasteiger partial charge in [-0.1, -0.05) is 0 Å². The van der Waals surface area contributed by atoms with Crippen LogP contribution in [0.3, 0.4) is 0 Å². The number of alkyl halides is 2. The summed E-state index contributed by atoms with van der Waals surface area (Å²) in [6.07, 6.45) is -0.719. The van der Waals surface area contributed by atoms with Crippen LogP contribution in [0.2, 0.25) is 0 Å². The molecule has 0 aromatic rings. The van der Waals surface area contributed by atoms with Gasteiger partial charge in [-0.05, 0) is 12.8 Å². The van der Waals surface area contributed by atoms with Crippen LogP contribution in [0.25, 0.3) is 0 Å². The van der Waals surface area contributed by atoms with Crippen LogP contribution in [0.1, 0.15) is 19.8 Å². The molecular formula is C14H23F2N5O. The number of nitrogens with one attached hydrogen (secondary N) is 1. The molecule has 124 valence electrons. The van der Waals surface area contributed by atoms with Gasteiger partial charge in [0.05, 0.1) is 12.1 Å². The van der Waals surface area contributed by atoms with E-state index in [0.29, 0.717) is 6.04 Å². The van der Waals surface area contributed by atoms with Crippen LogP contribution in [0.5, 0.6) is 0 Å². The molecule has 1 amide bonds. The van der Waals surface area contributed by atoms with Gasteiger partial charge < -0.3 is 16.1 Å². The molecule has 6 nitrogen and oxygen atoms in total. The molecule has 8 heteroatoms. The molecule has 0 saturated carbocycles. The third-order valence-corrected chi connectivity index (χ3v) is 5.32. The number of nitrogens with two attached hydrogens (primary N) is 1. The zero-order chi connectivity index (χ0) is 15.9. The average Bonchev–Trinajstić information content (AvgIpc) is 2.80. The lowest BCUT2D eigenvalue weighted by Gasteiger charge is -2.51. The van der Waals surface area contributed by atoms with Crippen molar-refractivity contribution < 1.29 is 13.6 Å². The number of amides is 1. The molecule has 0 aromatic carbocycles. The maximum absolute atomic E-state index is 13.0. The summed E-state index contributed by atoms with van der Waals surface area (Å²) in [6, 6.07) is 0.428. The molecule has 0 aliphatic carbocycles. The highest BCUT2D eigenvalue weighted by molar-refractivity contribution is 5.97. The van der Waals surface area contributed by atoms with Crippen molar-refractivity contribution in [1.82, 2.24) is 15.2 Å². The lowest BCUT2D eigenvalue weighted by Crippen LogP contribution is -2.69. The Hall–Kier alpha value is -1.28. The van der Waals surface area contributed by atoms with Crippen LogP contribution in [0.15, 0.2) is 5.10 Å². The molecule has 0 aromatic heterocycles. The fraction of sp³-hybridized carbons (Fsp3) is 0.857. The van der Waals surface area contributed by atoms with E-state index in [2.05, 4.69) is 15.4 Å². The number of hydrogen-bond donors (Lipinski definition) is 2. The first-order valence-corrected chi connectivity index (χ1v) is 7.79. The van der Waals surface area contributed by atoms with Gasteiger partial charge in [-0.2, -0.15) is 5.10 Å². The van der Waals surface area contributed by atoms with Crippen LogP contribution in [0.4, 0.5) is 8.78 Å². The first-order chi connectivity index (χ1) is 10.4. The minimum atomic E-state index is -2.60. The van der Waals surface area contributed by atoms with Crippen LogP contribution in [0, 0.1) is 5.92 Å². The van der Waals surface area contributed by atoms with Crippen molar-refractivity contribution in [3.05, 3.63) is 0 Å². The standard InChI is InChI=1S/C14H23F2N5O/c1-9(22)20-4-2-11(3-5-20)21-6-10(7-21)14(17)8-18-19-12(14)13(15)16/h10-11,13,18H,2-8,17H2,1H3. The Kier molecular flexibility index (Phi) is 4.07. The van der Waals surface area contributed by atoms with Gasteiger partial charge in [-0.15, -0.1) is 0 Å². The second kappa shape index (κ2) is 5.73. The lowest BCUT2D eigenvalue weighted by atomic mass is 9.75. The van der Waals surface area contributed by atoms with Crippen LogP contribution < -0.4 is 11.2 Å². The van der Waals surface area contributed by atoms with Crippen molar-refractivity contribution in [3.8, 4) is 0 Å². The van der Waals surface area contributed by atoms with Crippen LogP contribution in [-0.4, -0.2) is 72.1 Å². The topological polar surface area (TPSA) is 74.0 Å². The van der Waals surface area contributed by atoms with Crippen LogP contribution in [-0.2, 0) is 4.79 Å². The van der Waals surface area contributed by atoms with Crippen molar-refractivity contribution >= 4 is 11.6 Å². The number of hydrogen-bond acceptors (Lipinski definition) is 5. The summed E-state index contributed by atoms with van der Waals surface area (Å²) in [4.78, 5) is 15.5. The van der Waals surface area contributed by atoms with Gasteiger partial charge in [-0.25, -0.2) is 8.78 Å². The summed E-state index contributed by atoms with van der Waals surface area (Å²) in [6.45, 7) is 4.90. The monoisotopic (exact) mass is 315 g/mol. The Morgan fingerprint density at radius 2 is 2.05 bits per heavy atom. The molecule has 22 heavy (non-hydrogen) atoms. The van der Waals surface area contributed by atoms with Gasteiger partial charge in [0.15, 0.2) is 0 Å². The van der Waals surface area contributed by atoms with Gasteiger partial charge in [0, 0.05) is 45.1 Å². The van der Waals surface area contributed by atoms with Gasteiger partial charge in [0.1, 0.15) is 5.71 Å². The quantitative estimate of drug-likeness (QED) is 0.760. The van der Waals surface area contributed by atoms with Gasteiger partial charge >= 0.3 is 0 Å². The maximum Gasteiger partial charge on any atom is 0.280 e. The number of hydrazone groups is 1. The Bertz CT molecular complexity index is 472. The van der Waals surface area contributed by atoms with E-state index in [1.165, 1.54) is 0 Å². The number of carbonyl (C=O) groups excluding carboxylic acids is 1. The van der Waals surface area contributed by atoms with E-state index in [1.54, 1.807) is 6.92 Å². The molecule has 0 spiro atoms. The number of nitrogens with zero attached hydrogens (tertiary/aromatic N) is 3. The van der Waals surface area contributed by atoms with E-state index in [-0.39, 0.29) is 24.1 Å². The summed E-state index contributed by atoms with van der Waals surface area (Å²) in [5, 5.41) is 3.69. The maximum atomic E-state index is 13.0. The summed E-state index contributed by atoms with van der Waals surface area (Å²) in [7, 11) is 0. The molecule has 0 radical (unpaired) electrons. The van der Waals surface area contributed by atoms with Crippen LogP contribution >= 0.6 is 0 Å². The zero-order valence-corrected chi connectivity index (χ0v) is 12.8. The summed E-state index contributed by atoms with van der Waals surface area (Å²) in [5.74, 6) is 0.136. The second-order valence-electron chi connectivity index (χ2n) is 6.56. The van der Waals surface area contributed by atoms with E-state index in [4.69, 9.17) is 5.73 Å². The lowest BCUT2D eigenvalue weighted by molar-refractivity contribution is -0.130. The van der Waals surface area contributed by atoms with E-state index >= 15 is 0 Å².